The average molecular weight is 1040 g/mol. The first kappa shape index (κ1) is 90.2. The van der Waals surface area contributed by atoms with Gasteiger partial charge in [-0.2, -0.15) is 63.6 Å². The number of nitriles is 1. The number of alkyl halides is 3. The number of methoxy groups -OCH3 is 3. The second-order valence-corrected chi connectivity index (χ2v) is 18.5. The van der Waals surface area contributed by atoms with Gasteiger partial charge in [0, 0.05) is 25.1 Å². The van der Waals surface area contributed by atoms with E-state index in [1.54, 1.807) is 6.21 Å². The standard InChI is InChI=1S/C9H18N2OS.C8H17NOS.C6H13NO2.C5H10O2.C4H6O2.C4H8O.CHCl3.CH4.4H2S/c1-5-6-8(7-10)11-13(12)9(2,3)4;1-5-6-7-9-11(10)8(2,3)4;1-3-4-5(7)6(8)9-2;1-3-4-5(6)7-2;1-3-4(5)6-2;1-2-3-4-5;2-1(3)4;;;;;/h8,11H,5-6H2,1-4H3;7H,5-6H2,1-4H3;5H,3-4,7H2,1-2H3;3-4H2,1-2H3;3H,1H2,2H3;4H,2-3H2,1H3;1H;1H4;4*1H2/t8-,13-;11-;5-;;;;;;;;;/m000........./s1. The van der Waals surface area contributed by atoms with Crippen LogP contribution in [0.15, 0.2) is 17.1 Å². The molecule has 0 aromatic rings. The molecule has 0 bridgehead atoms. The van der Waals surface area contributed by atoms with Gasteiger partial charge in [0.15, 0.2) is 4.30 Å². The van der Waals surface area contributed by atoms with E-state index in [0.29, 0.717) is 19.3 Å². The number of unbranched alkanes of at least 4 members (excludes halogenated alkanes) is 2. The number of nitrogens with zero attached hydrogens (tertiary/aromatic N) is 2. The number of nitrogens with one attached hydrogen (secondary N) is 1. The van der Waals surface area contributed by atoms with Crippen LogP contribution >= 0.6 is 88.8 Å². The van der Waals surface area contributed by atoms with Gasteiger partial charge in [0.1, 0.15) is 29.4 Å². The number of nitrogens with two attached hydrogens (primary N) is 1. The first-order valence-electron chi connectivity index (χ1n) is 17.9. The van der Waals surface area contributed by atoms with Crippen molar-refractivity contribution in [2.75, 3.05) is 21.3 Å². The number of hydrogen-bond donors (Lipinski definition) is 2. The van der Waals surface area contributed by atoms with Gasteiger partial charge in [-0.15, -0.1) is 0 Å². The monoisotopic (exact) mass is 1040 g/mol. The molecule has 0 aliphatic heterocycles. The highest BCUT2D eigenvalue weighted by molar-refractivity contribution is 7.85. The van der Waals surface area contributed by atoms with Gasteiger partial charge in [0.25, 0.3) is 0 Å². The zero-order valence-corrected chi connectivity index (χ0v) is 45.7. The molecule has 0 saturated heterocycles. The molecule has 0 aromatic carbocycles. The number of hydrogen-bond acceptors (Lipinski definition) is 11. The van der Waals surface area contributed by atoms with Crippen LogP contribution in [0.3, 0.4) is 0 Å². The molecule has 60 heavy (non-hydrogen) atoms. The second-order valence-electron chi connectivity index (χ2n) is 12.6. The van der Waals surface area contributed by atoms with Crippen LogP contribution in [0.1, 0.15) is 148 Å². The number of ether oxygens (including phenoxy) is 3. The number of carbonyl (C=O) groups is 4. The van der Waals surface area contributed by atoms with Crippen LogP contribution in [0.2, 0.25) is 0 Å². The van der Waals surface area contributed by atoms with Crippen molar-refractivity contribution in [3.8, 4) is 6.07 Å². The second kappa shape index (κ2) is 65.1. The van der Waals surface area contributed by atoms with Crippen LogP contribution in [-0.4, -0.2) is 86.0 Å². The highest BCUT2D eigenvalue weighted by atomic mass is 35.6. The topological polar surface area (TPSA) is 204 Å². The third-order valence-corrected chi connectivity index (χ3v) is 8.21. The molecule has 368 valence electrons. The quantitative estimate of drug-likeness (QED) is 0.0395. The van der Waals surface area contributed by atoms with Gasteiger partial charge < -0.3 is 24.7 Å². The molecule has 22 heteroatoms. The maximum Gasteiger partial charge on any atom is 0.329 e. The van der Waals surface area contributed by atoms with Gasteiger partial charge in [-0.1, -0.05) is 103 Å². The lowest BCUT2D eigenvalue weighted by molar-refractivity contribution is -0.142. The van der Waals surface area contributed by atoms with E-state index < -0.39 is 38.3 Å². The summed E-state index contributed by atoms with van der Waals surface area (Å²) in [5.41, 5.74) is 5.36. The van der Waals surface area contributed by atoms with Gasteiger partial charge in [0.05, 0.1) is 47.9 Å². The minimum absolute atomic E-state index is 0. The molecule has 0 amide bonds. The summed E-state index contributed by atoms with van der Waals surface area (Å²) in [4.78, 5) is 40.0. The summed E-state index contributed by atoms with van der Waals surface area (Å²) in [6.07, 6.45) is 12.1. The molecule has 0 heterocycles. The molecule has 0 rings (SSSR count). The highest BCUT2D eigenvalue weighted by Gasteiger charge is 2.22. The fraction of sp³-hybridized carbons (Fsp3) is 0.789. The molecule has 4 atom stereocenters. The molecular weight excluding hydrogens is 955 g/mol. The van der Waals surface area contributed by atoms with E-state index in [-0.39, 0.29) is 88.9 Å². The molecule has 0 aliphatic rings. The molecule has 0 saturated carbocycles. The average Bonchev–Trinajstić information content (AvgIpc) is 3.11. The first-order chi connectivity index (χ1) is 25.4. The third kappa shape index (κ3) is 88.6. The molecule has 3 N–H and O–H groups in total. The Labute approximate surface area is 413 Å². The fourth-order valence-electron chi connectivity index (χ4n) is 2.24. The number of carbonyl (C=O) groups excluding carboxylic acids is 4. The van der Waals surface area contributed by atoms with Crippen molar-refractivity contribution in [3.05, 3.63) is 12.7 Å². The summed E-state index contributed by atoms with van der Waals surface area (Å²) in [5.74, 6) is -0.839. The summed E-state index contributed by atoms with van der Waals surface area (Å²) < 4.78 is 41.2. The van der Waals surface area contributed by atoms with E-state index >= 15 is 0 Å². The molecule has 0 aliphatic carbocycles. The van der Waals surface area contributed by atoms with E-state index in [0.717, 1.165) is 57.3 Å². The SMILES string of the molecule is C.C=CC(=O)OC.CCCC(=O)OC.CCCC=N[S@@](=O)C(C)(C)C.CCCC=O.CCC[C@@H](C#N)N[S@@](=O)C(C)(C)C.CCC[C@H](N)C(=O)OC.ClC(Cl)Cl.S.S.S.S. The normalized spacial score (nSPS) is 11.2. The molecule has 0 spiro atoms. The summed E-state index contributed by atoms with van der Waals surface area (Å²) in [6, 6.07) is 1.38. The summed E-state index contributed by atoms with van der Waals surface area (Å²) in [7, 11) is 1.84. The van der Waals surface area contributed by atoms with E-state index in [4.69, 9.17) is 45.8 Å². The minimum atomic E-state index is -1.14. The van der Waals surface area contributed by atoms with Crippen molar-refractivity contribution >= 4 is 141 Å². The number of esters is 3. The predicted octanol–water partition coefficient (Wildman–Crippen LogP) is 9.70. The Bertz CT molecular complexity index is 1080. The number of halogens is 3. The van der Waals surface area contributed by atoms with Crippen molar-refractivity contribution in [1.82, 2.24) is 4.72 Å². The van der Waals surface area contributed by atoms with E-state index in [1.165, 1.54) is 21.3 Å². The van der Waals surface area contributed by atoms with Crippen LogP contribution < -0.4 is 10.5 Å². The Morgan fingerprint density at radius 3 is 1.43 bits per heavy atom. The Hall–Kier alpha value is -0.530. The molecule has 0 fully saturated rings. The highest BCUT2D eigenvalue weighted by Crippen LogP contribution is 2.12. The zero-order chi connectivity index (χ0) is 45.1. The van der Waals surface area contributed by atoms with Crippen molar-refractivity contribution < 1.29 is 41.8 Å². The number of aldehydes is 1. The largest absolute Gasteiger partial charge is 0.469 e. The Morgan fingerprint density at radius 1 is 0.800 bits per heavy atom. The fourth-order valence-corrected chi connectivity index (χ4v) is 3.58. The molecule has 13 nitrogen and oxygen atoms in total. The van der Waals surface area contributed by atoms with E-state index in [2.05, 4.69) is 42.9 Å². The maximum absolute atomic E-state index is 11.6. The third-order valence-electron chi connectivity index (χ3n) is 5.21. The van der Waals surface area contributed by atoms with Crippen LogP contribution in [0.5, 0.6) is 0 Å². The lowest BCUT2D eigenvalue weighted by Gasteiger charge is -2.20. The van der Waals surface area contributed by atoms with Crippen molar-refractivity contribution in [2.45, 2.75) is 174 Å². The number of rotatable bonds is 15. The first-order valence-corrected chi connectivity index (χ1v) is 21.4. The van der Waals surface area contributed by atoms with Crippen molar-refractivity contribution in [1.29, 1.82) is 5.26 Å². The van der Waals surface area contributed by atoms with Crippen molar-refractivity contribution in [3.63, 3.8) is 0 Å². The van der Waals surface area contributed by atoms with Gasteiger partial charge in [-0.25, -0.2) is 17.9 Å². The summed E-state index contributed by atoms with van der Waals surface area (Å²) >= 11 is 14.4. The predicted molar refractivity (Wildman–Crippen MR) is 281 cm³/mol. The van der Waals surface area contributed by atoms with Crippen LogP contribution in [0.4, 0.5) is 0 Å². The van der Waals surface area contributed by atoms with Gasteiger partial charge in [-0.05, 0) is 73.6 Å². The molecular formula is C38H85Cl3N4O9S6. The van der Waals surface area contributed by atoms with E-state index in [9.17, 15) is 27.6 Å². The van der Waals surface area contributed by atoms with Gasteiger partial charge in [0.2, 0.25) is 0 Å². The van der Waals surface area contributed by atoms with Gasteiger partial charge >= 0.3 is 17.9 Å². The summed E-state index contributed by atoms with van der Waals surface area (Å²) in [6.45, 7) is 24.6. The Balaban J connectivity index is -0.0000000455. The summed E-state index contributed by atoms with van der Waals surface area (Å²) in [5, 5.41) is 8.72. The maximum atomic E-state index is 11.6. The van der Waals surface area contributed by atoms with Crippen LogP contribution in [-0.2, 0) is 55.4 Å². The smallest absolute Gasteiger partial charge is 0.329 e. The molecule has 0 aromatic heterocycles. The molecule has 0 unspecified atom stereocenters. The lowest BCUT2D eigenvalue weighted by atomic mass is 10.2. The van der Waals surface area contributed by atoms with Crippen molar-refractivity contribution in [2.24, 2.45) is 10.1 Å². The minimum Gasteiger partial charge on any atom is -0.469 e. The van der Waals surface area contributed by atoms with Gasteiger partial charge in [-0.3, -0.25) is 9.59 Å². The van der Waals surface area contributed by atoms with E-state index in [1.807, 2.05) is 69.2 Å². The van der Waals surface area contributed by atoms with Crippen LogP contribution in [0.25, 0.3) is 0 Å². The zero-order valence-electron chi connectivity index (χ0n) is 37.8. The Kier molecular flexibility index (Phi) is 97.9. The molecule has 0 radical (unpaired) electrons. The Morgan fingerprint density at radius 2 is 1.23 bits per heavy atom. The lowest BCUT2D eigenvalue weighted by Crippen LogP contribution is -2.39. The van der Waals surface area contributed by atoms with Crippen LogP contribution in [0, 0.1) is 11.3 Å².